The first-order chi connectivity index (χ1) is 8.54. The Bertz CT molecular complexity index is 446. The third kappa shape index (κ3) is 4.16. The number of carbonyl (C=O) groups excluding carboxylic acids is 2. The number of benzene rings is 1. The highest BCUT2D eigenvalue weighted by molar-refractivity contribution is 5.94. The second-order valence-electron chi connectivity index (χ2n) is 3.79. The Kier molecular flexibility index (Phi) is 5.30. The lowest BCUT2D eigenvalue weighted by atomic mass is 10.1. The summed E-state index contributed by atoms with van der Waals surface area (Å²) in [7, 11) is 0. The highest BCUT2D eigenvalue weighted by Gasteiger charge is 2.11. The molecule has 0 radical (unpaired) electrons. The molecular weight excluding hydrogens is 237 g/mol. The standard InChI is InChI=1S/C13H16FNO3/c1-3-18-12(16)6-7-15-13(17)10-5-4-9(2)8-11(10)14/h4-5,8H,3,6-7H2,1-2H3,(H,15,17). The minimum Gasteiger partial charge on any atom is -0.466 e. The summed E-state index contributed by atoms with van der Waals surface area (Å²) >= 11 is 0. The van der Waals surface area contributed by atoms with E-state index in [-0.39, 0.29) is 24.5 Å². The minimum absolute atomic E-state index is 0.0236. The molecule has 0 saturated heterocycles. The first kappa shape index (κ1) is 14.2. The molecule has 0 bridgehead atoms. The molecule has 4 nitrogen and oxygen atoms in total. The number of rotatable bonds is 5. The minimum atomic E-state index is -0.566. The highest BCUT2D eigenvalue weighted by Crippen LogP contribution is 2.09. The molecule has 0 saturated carbocycles. The smallest absolute Gasteiger partial charge is 0.307 e. The zero-order valence-electron chi connectivity index (χ0n) is 10.5. The van der Waals surface area contributed by atoms with Crippen LogP contribution in [0.4, 0.5) is 4.39 Å². The number of carbonyl (C=O) groups is 2. The largest absolute Gasteiger partial charge is 0.466 e. The van der Waals surface area contributed by atoms with E-state index in [1.807, 2.05) is 0 Å². The lowest BCUT2D eigenvalue weighted by molar-refractivity contribution is -0.142. The summed E-state index contributed by atoms with van der Waals surface area (Å²) in [5.74, 6) is -1.48. The van der Waals surface area contributed by atoms with Crippen molar-refractivity contribution < 1.29 is 18.7 Å². The van der Waals surface area contributed by atoms with Gasteiger partial charge in [0.05, 0.1) is 18.6 Å². The molecule has 1 aromatic carbocycles. The number of nitrogens with one attached hydrogen (secondary N) is 1. The van der Waals surface area contributed by atoms with E-state index in [0.717, 1.165) is 5.56 Å². The van der Waals surface area contributed by atoms with Crippen molar-refractivity contribution in [2.75, 3.05) is 13.2 Å². The molecule has 0 heterocycles. The van der Waals surface area contributed by atoms with E-state index in [2.05, 4.69) is 5.32 Å². The Balaban J connectivity index is 2.48. The van der Waals surface area contributed by atoms with Gasteiger partial charge in [0.1, 0.15) is 5.82 Å². The Morgan fingerprint density at radius 3 is 2.72 bits per heavy atom. The third-order valence-corrected chi connectivity index (χ3v) is 2.29. The zero-order chi connectivity index (χ0) is 13.5. The quantitative estimate of drug-likeness (QED) is 0.814. The van der Waals surface area contributed by atoms with Gasteiger partial charge in [-0.2, -0.15) is 0 Å². The van der Waals surface area contributed by atoms with Gasteiger partial charge in [0.2, 0.25) is 0 Å². The van der Waals surface area contributed by atoms with Crippen LogP contribution < -0.4 is 5.32 Å². The van der Waals surface area contributed by atoms with Crippen LogP contribution in [-0.2, 0) is 9.53 Å². The molecule has 0 aromatic heterocycles. The number of ether oxygens (including phenoxy) is 1. The predicted molar refractivity (Wildman–Crippen MR) is 64.7 cm³/mol. The molecule has 0 atom stereocenters. The van der Waals surface area contributed by atoms with Crippen molar-refractivity contribution in [3.05, 3.63) is 35.1 Å². The lowest BCUT2D eigenvalue weighted by Crippen LogP contribution is -2.27. The molecule has 18 heavy (non-hydrogen) atoms. The van der Waals surface area contributed by atoms with Crippen molar-refractivity contribution in [1.82, 2.24) is 5.32 Å². The van der Waals surface area contributed by atoms with Gasteiger partial charge in [-0.3, -0.25) is 9.59 Å². The van der Waals surface area contributed by atoms with Gasteiger partial charge >= 0.3 is 5.97 Å². The fraction of sp³-hybridized carbons (Fsp3) is 0.385. The summed E-state index contributed by atoms with van der Waals surface area (Å²) in [6, 6.07) is 4.37. The van der Waals surface area contributed by atoms with Crippen LogP contribution in [0.2, 0.25) is 0 Å². The molecule has 1 amide bonds. The average Bonchev–Trinajstić information content (AvgIpc) is 2.29. The second-order valence-corrected chi connectivity index (χ2v) is 3.79. The topological polar surface area (TPSA) is 55.4 Å². The fourth-order valence-corrected chi connectivity index (χ4v) is 1.41. The maximum atomic E-state index is 13.5. The van der Waals surface area contributed by atoms with Crippen LogP contribution in [0.1, 0.15) is 29.3 Å². The molecule has 1 aromatic rings. The number of hydrogen-bond acceptors (Lipinski definition) is 3. The molecule has 1 rings (SSSR count). The van der Waals surface area contributed by atoms with Crippen molar-refractivity contribution >= 4 is 11.9 Å². The van der Waals surface area contributed by atoms with Gasteiger partial charge in [-0.1, -0.05) is 6.07 Å². The molecule has 0 aliphatic heterocycles. The van der Waals surface area contributed by atoms with Gasteiger partial charge in [0, 0.05) is 6.54 Å². The molecule has 0 aliphatic carbocycles. The van der Waals surface area contributed by atoms with E-state index in [0.29, 0.717) is 6.61 Å². The molecule has 0 fully saturated rings. The van der Waals surface area contributed by atoms with Crippen LogP contribution >= 0.6 is 0 Å². The van der Waals surface area contributed by atoms with E-state index in [4.69, 9.17) is 4.74 Å². The van der Waals surface area contributed by atoms with Crippen LogP contribution in [0.15, 0.2) is 18.2 Å². The first-order valence-electron chi connectivity index (χ1n) is 5.74. The fourth-order valence-electron chi connectivity index (χ4n) is 1.41. The summed E-state index contributed by atoms with van der Waals surface area (Å²) in [4.78, 5) is 22.6. The summed E-state index contributed by atoms with van der Waals surface area (Å²) in [6.07, 6.45) is 0.0764. The van der Waals surface area contributed by atoms with Crippen LogP contribution in [-0.4, -0.2) is 25.0 Å². The monoisotopic (exact) mass is 253 g/mol. The van der Waals surface area contributed by atoms with Crippen molar-refractivity contribution in [2.24, 2.45) is 0 Å². The van der Waals surface area contributed by atoms with Gasteiger partial charge < -0.3 is 10.1 Å². The molecule has 0 unspecified atom stereocenters. The number of amides is 1. The maximum absolute atomic E-state index is 13.5. The molecule has 0 spiro atoms. The molecule has 5 heteroatoms. The Morgan fingerprint density at radius 1 is 1.39 bits per heavy atom. The molecule has 0 aliphatic rings. The number of aryl methyl sites for hydroxylation is 1. The van der Waals surface area contributed by atoms with Crippen molar-refractivity contribution in [2.45, 2.75) is 20.3 Å². The van der Waals surface area contributed by atoms with Gasteiger partial charge in [-0.25, -0.2) is 4.39 Å². The average molecular weight is 253 g/mol. The number of hydrogen-bond donors (Lipinski definition) is 1. The molecule has 98 valence electrons. The Morgan fingerprint density at radius 2 is 2.11 bits per heavy atom. The van der Waals surface area contributed by atoms with Crippen molar-refractivity contribution in [3.63, 3.8) is 0 Å². The Hall–Kier alpha value is -1.91. The van der Waals surface area contributed by atoms with E-state index >= 15 is 0 Å². The zero-order valence-corrected chi connectivity index (χ0v) is 10.5. The normalized spacial score (nSPS) is 9.94. The van der Waals surface area contributed by atoms with Crippen LogP contribution in [0, 0.1) is 12.7 Å². The van der Waals surface area contributed by atoms with Gasteiger partial charge in [-0.05, 0) is 31.5 Å². The lowest BCUT2D eigenvalue weighted by Gasteiger charge is -2.06. The van der Waals surface area contributed by atoms with Gasteiger partial charge in [-0.15, -0.1) is 0 Å². The summed E-state index contributed by atoms with van der Waals surface area (Å²) in [5.41, 5.74) is 0.722. The van der Waals surface area contributed by atoms with E-state index in [1.54, 1.807) is 19.9 Å². The number of esters is 1. The van der Waals surface area contributed by atoms with E-state index in [9.17, 15) is 14.0 Å². The summed E-state index contributed by atoms with van der Waals surface area (Å²) in [5, 5.41) is 2.47. The van der Waals surface area contributed by atoms with Gasteiger partial charge in [0.15, 0.2) is 0 Å². The summed E-state index contributed by atoms with van der Waals surface area (Å²) in [6.45, 7) is 3.88. The van der Waals surface area contributed by atoms with Crippen molar-refractivity contribution in [3.8, 4) is 0 Å². The van der Waals surface area contributed by atoms with Crippen LogP contribution in [0.5, 0.6) is 0 Å². The third-order valence-electron chi connectivity index (χ3n) is 2.29. The van der Waals surface area contributed by atoms with Gasteiger partial charge in [0.25, 0.3) is 5.91 Å². The highest BCUT2D eigenvalue weighted by atomic mass is 19.1. The Labute approximate surface area is 105 Å². The summed E-state index contributed by atoms with van der Waals surface area (Å²) < 4.78 is 18.2. The van der Waals surface area contributed by atoms with E-state index < -0.39 is 11.7 Å². The van der Waals surface area contributed by atoms with Crippen LogP contribution in [0.25, 0.3) is 0 Å². The molecule has 1 N–H and O–H groups in total. The SMILES string of the molecule is CCOC(=O)CCNC(=O)c1ccc(C)cc1F. The first-order valence-corrected chi connectivity index (χ1v) is 5.74. The van der Waals surface area contributed by atoms with E-state index in [1.165, 1.54) is 12.1 Å². The van der Waals surface area contributed by atoms with Crippen molar-refractivity contribution in [1.29, 1.82) is 0 Å². The van der Waals surface area contributed by atoms with Crippen LogP contribution in [0.3, 0.4) is 0 Å². The maximum Gasteiger partial charge on any atom is 0.307 e. The second kappa shape index (κ2) is 6.74. The predicted octanol–water partition coefficient (Wildman–Crippen LogP) is 1.82. The molecular formula is C13H16FNO3. The number of halogens is 1.